The third-order valence-corrected chi connectivity index (χ3v) is 11.7. The van der Waals surface area contributed by atoms with E-state index in [2.05, 4.69) is 149 Å². The molecule has 1 aliphatic heterocycles. The van der Waals surface area contributed by atoms with Crippen LogP contribution in [0, 0.1) is 0 Å². The molecule has 3 aromatic heterocycles. The second kappa shape index (κ2) is 11.4. The molecular weight excluding hydrogens is 647 g/mol. The largest absolute Gasteiger partial charge is 0.456 e. The number of benzene rings is 7. The number of hydrogen-bond donors (Lipinski definition) is 3. The minimum atomic E-state index is -0.184. The Morgan fingerprint density at radius 3 is 1.63 bits per heavy atom. The van der Waals surface area contributed by atoms with Gasteiger partial charge in [-0.15, -0.1) is 11.3 Å². The van der Waals surface area contributed by atoms with E-state index in [1.165, 1.54) is 36.9 Å². The van der Waals surface area contributed by atoms with Crippen LogP contribution in [0.4, 0.5) is 0 Å². The highest BCUT2D eigenvalue weighted by molar-refractivity contribution is 7.26. The predicted molar refractivity (Wildman–Crippen MR) is 210 cm³/mol. The fourth-order valence-corrected chi connectivity index (χ4v) is 9.45. The van der Waals surface area contributed by atoms with Crippen LogP contribution in [-0.4, -0.2) is 0 Å². The molecule has 0 radical (unpaired) electrons. The van der Waals surface area contributed by atoms with Crippen molar-refractivity contribution in [3.05, 3.63) is 168 Å². The molecule has 0 bridgehead atoms. The zero-order valence-corrected chi connectivity index (χ0v) is 28.2. The fourth-order valence-electron chi connectivity index (χ4n) is 8.08. The fraction of sp³-hybridized carbons (Fsp3) is 0.0667. The quantitative estimate of drug-likeness (QED) is 0.173. The second-order valence-electron chi connectivity index (χ2n) is 13.3. The van der Waals surface area contributed by atoms with Crippen molar-refractivity contribution in [1.82, 2.24) is 16.0 Å². The molecule has 0 saturated carbocycles. The van der Waals surface area contributed by atoms with E-state index >= 15 is 0 Å². The molecule has 3 unspecified atom stereocenters. The van der Waals surface area contributed by atoms with Gasteiger partial charge in [0.1, 0.15) is 22.3 Å². The van der Waals surface area contributed by atoms with Gasteiger partial charge in [-0.2, -0.15) is 0 Å². The van der Waals surface area contributed by atoms with E-state index < -0.39 is 0 Å². The van der Waals surface area contributed by atoms with Crippen molar-refractivity contribution in [1.29, 1.82) is 0 Å². The van der Waals surface area contributed by atoms with Crippen LogP contribution in [0.5, 0.6) is 0 Å². The first-order chi connectivity index (χ1) is 25.3. The molecule has 7 aromatic carbocycles. The maximum Gasteiger partial charge on any atom is 0.143 e. The highest BCUT2D eigenvalue weighted by atomic mass is 32.1. The molecule has 3 N–H and O–H groups in total. The zero-order chi connectivity index (χ0) is 33.5. The van der Waals surface area contributed by atoms with Crippen molar-refractivity contribution < 1.29 is 8.83 Å². The van der Waals surface area contributed by atoms with Gasteiger partial charge < -0.3 is 8.83 Å². The Morgan fingerprint density at radius 2 is 0.882 bits per heavy atom. The molecule has 0 spiro atoms. The Hall–Kier alpha value is -5.76. The van der Waals surface area contributed by atoms with Gasteiger partial charge in [-0.25, -0.2) is 0 Å². The van der Waals surface area contributed by atoms with E-state index in [-0.39, 0.29) is 18.5 Å². The van der Waals surface area contributed by atoms with Crippen molar-refractivity contribution in [2.24, 2.45) is 0 Å². The maximum absolute atomic E-state index is 6.53. The molecule has 3 atom stereocenters. The van der Waals surface area contributed by atoms with Crippen LogP contribution in [0.25, 0.3) is 75.2 Å². The average molecular weight is 678 g/mol. The molecule has 0 aliphatic carbocycles. The SMILES string of the molecule is c1ccc(C2NC(c3cccc4c3oc3ccccc34)NC(c3cccc4c3sc3c(-c5cccc6c5oc5ccccc56)cccc34)N2)cc1. The summed E-state index contributed by atoms with van der Waals surface area (Å²) in [6.07, 6.45) is -0.440. The average Bonchev–Trinajstić information content (AvgIpc) is 3.89. The molecule has 11 rings (SSSR count). The van der Waals surface area contributed by atoms with Gasteiger partial charge in [-0.05, 0) is 17.7 Å². The molecule has 51 heavy (non-hydrogen) atoms. The summed E-state index contributed by atoms with van der Waals surface area (Å²) in [6.45, 7) is 0. The van der Waals surface area contributed by atoms with Crippen LogP contribution in [0.15, 0.2) is 160 Å². The van der Waals surface area contributed by atoms with Crippen molar-refractivity contribution in [3.8, 4) is 11.1 Å². The number of fused-ring (bicyclic) bond motifs is 9. The first kappa shape index (κ1) is 29.0. The molecule has 4 heterocycles. The Kier molecular flexibility index (Phi) is 6.48. The minimum Gasteiger partial charge on any atom is -0.456 e. The monoisotopic (exact) mass is 677 g/mol. The minimum absolute atomic E-state index is 0.104. The van der Waals surface area contributed by atoms with Gasteiger partial charge >= 0.3 is 0 Å². The maximum atomic E-state index is 6.53. The highest BCUT2D eigenvalue weighted by Gasteiger charge is 2.32. The Labute approximate surface area is 297 Å². The van der Waals surface area contributed by atoms with Gasteiger partial charge in [0.2, 0.25) is 0 Å². The summed E-state index contributed by atoms with van der Waals surface area (Å²) in [4.78, 5) is 0. The second-order valence-corrected chi connectivity index (χ2v) is 14.3. The highest BCUT2D eigenvalue weighted by Crippen LogP contribution is 2.45. The molecule has 0 amide bonds. The predicted octanol–water partition coefficient (Wildman–Crippen LogP) is 11.7. The molecule has 1 aliphatic rings. The Balaban J connectivity index is 1.07. The first-order valence-corrected chi connectivity index (χ1v) is 18.2. The summed E-state index contributed by atoms with van der Waals surface area (Å²) < 4.78 is 15.6. The molecular formula is C45H31N3O2S. The van der Waals surface area contributed by atoms with Crippen molar-refractivity contribution in [2.45, 2.75) is 18.5 Å². The summed E-state index contributed by atoms with van der Waals surface area (Å²) in [5, 5.41) is 18.8. The van der Waals surface area contributed by atoms with Crippen molar-refractivity contribution >= 4 is 75.4 Å². The van der Waals surface area contributed by atoms with Gasteiger partial charge in [0.25, 0.3) is 0 Å². The molecule has 10 aromatic rings. The molecule has 1 saturated heterocycles. The van der Waals surface area contributed by atoms with E-state index in [1.807, 2.05) is 29.5 Å². The standard InChI is InChI=1S/C45H31N3O2S/c1-2-12-26(13-3-1)43-46-44(35-22-9-17-30-28-15-5-7-25-38(28)50-40(30)35)48-45(47-43)36-23-11-21-34-33-20-10-19-32(41(33)51-42(34)36)31-18-8-16-29-27-14-4-6-24-37(27)49-39(29)31/h1-25,43-48H. The molecule has 6 heteroatoms. The van der Waals surface area contributed by atoms with Crippen LogP contribution in [-0.2, 0) is 0 Å². The number of hydrogen-bond acceptors (Lipinski definition) is 6. The number of furan rings is 2. The summed E-state index contributed by atoms with van der Waals surface area (Å²) >= 11 is 1.86. The van der Waals surface area contributed by atoms with Crippen molar-refractivity contribution in [3.63, 3.8) is 0 Å². The third-order valence-electron chi connectivity index (χ3n) is 10.4. The van der Waals surface area contributed by atoms with Gasteiger partial charge in [0, 0.05) is 64.0 Å². The zero-order valence-electron chi connectivity index (χ0n) is 27.4. The lowest BCUT2D eigenvalue weighted by atomic mass is 9.99. The van der Waals surface area contributed by atoms with Crippen LogP contribution >= 0.6 is 11.3 Å². The van der Waals surface area contributed by atoms with E-state index in [1.54, 1.807) is 0 Å². The van der Waals surface area contributed by atoms with E-state index in [4.69, 9.17) is 8.83 Å². The van der Waals surface area contributed by atoms with Gasteiger partial charge in [0.15, 0.2) is 0 Å². The van der Waals surface area contributed by atoms with Crippen LogP contribution < -0.4 is 16.0 Å². The summed E-state index contributed by atoms with van der Waals surface area (Å²) in [6, 6.07) is 53.5. The van der Waals surface area contributed by atoms with Gasteiger partial charge in [0.05, 0.1) is 18.5 Å². The van der Waals surface area contributed by atoms with Crippen LogP contribution in [0.1, 0.15) is 35.2 Å². The number of nitrogens with one attached hydrogen (secondary N) is 3. The van der Waals surface area contributed by atoms with Gasteiger partial charge in [-0.3, -0.25) is 16.0 Å². The lowest BCUT2D eigenvalue weighted by molar-refractivity contribution is 0.204. The van der Waals surface area contributed by atoms with Gasteiger partial charge in [-0.1, -0.05) is 140 Å². The number of thiophene rings is 1. The Morgan fingerprint density at radius 1 is 0.373 bits per heavy atom. The topological polar surface area (TPSA) is 62.4 Å². The van der Waals surface area contributed by atoms with Crippen LogP contribution in [0.3, 0.4) is 0 Å². The smallest absolute Gasteiger partial charge is 0.143 e. The molecule has 244 valence electrons. The summed E-state index contributed by atoms with van der Waals surface area (Å²) in [5.41, 5.74) is 9.42. The summed E-state index contributed by atoms with van der Waals surface area (Å²) in [7, 11) is 0. The summed E-state index contributed by atoms with van der Waals surface area (Å²) in [5.74, 6) is 0. The Bertz CT molecular complexity index is 2940. The normalized spacial score (nSPS) is 18.2. The lowest BCUT2D eigenvalue weighted by Gasteiger charge is -2.39. The molecule has 1 fully saturated rings. The van der Waals surface area contributed by atoms with Crippen molar-refractivity contribution in [2.75, 3.05) is 0 Å². The first-order valence-electron chi connectivity index (χ1n) is 17.4. The number of para-hydroxylation sites is 4. The lowest BCUT2D eigenvalue weighted by Crippen LogP contribution is -2.54. The number of rotatable bonds is 4. The van der Waals surface area contributed by atoms with E-state index in [0.717, 1.165) is 55.0 Å². The third kappa shape index (κ3) is 4.51. The van der Waals surface area contributed by atoms with E-state index in [9.17, 15) is 0 Å². The van der Waals surface area contributed by atoms with Crippen LogP contribution in [0.2, 0.25) is 0 Å². The van der Waals surface area contributed by atoms with E-state index in [0.29, 0.717) is 0 Å². The molecule has 5 nitrogen and oxygen atoms in total.